The zero-order chi connectivity index (χ0) is 27.5. The number of benzene rings is 1. The molecular formula is C29H30FN7O2. The van der Waals surface area contributed by atoms with Gasteiger partial charge in [0.05, 0.1) is 30.1 Å². The summed E-state index contributed by atoms with van der Waals surface area (Å²) in [5, 5.41) is 16.9. The second-order valence-electron chi connectivity index (χ2n) is 9.98. The van der Waals surface area contributed by atoms with E-state index in [1.54, 1.807) is 16.9 Å². The van der Waals surface area contributed by atoms with Crippen LogP contribution in [0.5, 0.6) is 5.75 Å². The number of allylic oxidation sites excluding steroid dienone is 4. The Hall–Kier alpha value is -4.36. The number of methoxy groups -OCH3 is 1. The smallest absolute Gasteiger partial charge is 0.274 e. The van der Waals surface area contributed by atoms with Crippen LogP contribution in [0.15, 0.2) is 54.5 Å². The van der Waals surface area contributed by atoms with Gasteiger partial charge in [-0.25, -0.2) is 14.4 Å². The summed E-state index contributed by atoms with van der Waals surface area (Å²) in [7, 11) is 3.26. The number of nitriles is 1. The lowest BCUT2D eigenvalue weighted by Crippen LogP contribution is -2.36. The number of nitrogens with one attached hydrogen (secondary N) is 1. The van der Waals surface area contributed by atoms with E-state index in [2.05, 4.69) is 26.5 Å². The fourth-order valence-electron chi connectivity index (χ4n) is 5.60. The number of aryl methyl sites for hydroxylation is 1. The van der Waals surface area contributed by atoms with Crippen molar-refractivity contribution in [3.8, 4) is 23.2 Å². The van der Waals surface area contributed by atoms with E-state index in [1.165, 1.54) is 31.5 Å². The monoisotopic (exact) mass is 527 g/mol. The minimum Gasteiger partial charge on any atom is -0.496 e. The van der Waals surface area contributed by atoms with Crippen LogP contribution in [0.2, 0.25) is 0 Å². The third kappa shape index (κ3) is 5.31. The molecule has 2 aromatic heterocycles. The zero-order valence-electron chi connectivity index (χ0n) is 21.9. The maximum Gasteiger partial charge on any atom is 0.274 e. The molecule has 2 aliphatic carbocycles. The van der Waals surface area contributed by atoms with Crippen LogP contribution in [0.25, 0.3) is 17.0 Å². The topological polar surface area (TPSA) is 132 Å². The largest absolute Gasteiger partial charge is 0.496 e. The van der Waals surface area contributed by atoms with Gasteiger partial charge < -0.3 is 15.8 Å². The van der Waals surface area contributed by atoms with Crippen molar-refractivity contribution in [2.75, 3.05) is 7.11 Å². The zero-order valence-corrected chi connectivity index (χ0v) is 21.9. The van der Waals surface area contributed by atoms with Gasteiger partial charge in [0.1, 0.15) is 23.3 Å². The van der Waals surface area contributed by atoms with Crippen molar-refractivity contribution >= 4 is 11.5 Å². The normalized spacial score (nSPS) is 20.9. The first-order chi connectivity index (χ1) is 18.9. The first-order valence-corrected chi connectivity index (χ1v) is 13.0. The van der Waals surface area contributed by atoms with E-state index in [-0.39, 0.29) is 34.8 Å². The molecule has 9 nitrogen and oxygen atoms in total. The van der Waals surface area contributed by atoms with Crippen LogP contribution in [0, 0.1) is 29.0 Å². The van der Waals surface area contributed by atoms with E-state index in [4.69, 9.17) is 10.5 Å². The van der Waals surface area contributed by atoms with Crippen LogP contribution in [0.3, 0.4) is 0 Å². The van der Waals surface area contributed by atoms with Crippen molar-refractivity contribution in [3.05, 3.63) is 77.3 Å². The maximum atomic E-state index is 14.6. The highest BCUT2D eigenvalue weighted by molar-refractivity contribution is 5.94. The number of rotatable bonds is 6. The third-order valence-electron chi connectivity index (χ3n) is 7.62. The number of nitrogens with two attached hydrogens (primary N) is 1. The number of halogens is 1. The molecule has 10 heteroatoms. The van der Waals surface area contributed by atoms with Crippen molar-refractivity contribution in [3.63, 3.8) is 0 Å². The van der Waals surface area contributed by atoms with Crippen LogP contribution in [0.1, 0.15) is 53.8 Å². The van der Waals surface area contributed by atoms with Gasteiger partial charge in [-0.05, 0) is 67.9 Å². The average molecular weight is 528 g/mol. The number of ether oxygens (including phenoxy) is 1. The Kier molecular flexibility index (Phi) is 7.52. The first kappa shape index (κ1) is 26.3. The molecule has 1 unspecified atom stereocenters. The number of hydrogen-bond acceptors (Lipinski definition) is 7. The number of aromatic nitrogens is 4. The van der Waals surface area contributed by atoms with Gasteiger partial charge >= 0.3 is 0 Å². The fraction of sp³-hybridized carbons (Fsp3) is 0.345. The highest BCUT2D eigenvalue weighted by Crippen LogP contribution is 2.41. The summed E-state index contributed by atoms with van der Waals surface area (Å²) < 4.78 is 21.6. The van der Waals surface area contributed by atoms with Crippen molar-refractivity contribution < 1.29 is 13.9 Å². The summed E-state index contributed by atoms with van der Waals surface area (Å²) in [6.45, 7) is 0. The summed E-state index contributed by atoms with van der Waals surface area (Å²) in [6, 6.07) is 8.37. The summed E-state index contributed by atoms with van der Waals surface area (Å²) in [6.07, 6.45) is 11.3. The summed E-state index contributed by atoms with van der Waals surface area (Å²) in [4.78, 5) is 22.0. The quantitative estimate of drug-likeness (QED) is 0.493. The van der Waals surface area contributed by atoms with E-state index >= 15 is 0 Å². The minimum absolute atomic E-state index is 0.0239. The number of carbonyl (C=O) groups excluding carboxylic acids is 1. The molecule has 0 spiro atoms. The van der Waals surface area contributed by atoms with E-state index in [1.807, 2.05) is 19.2 Å². The number of nitrogens with zero attached hydrogens (tertiary/aromatic N) is 5. The van der Waals surface area contributed by atoms with Crippen LogP contribution >= 0.6 is 0 Å². The van der Waals surface area contributed by atoms with E-state index in [0.29, 0.717) is 17.9 Å². The molecule has 0 radical (unpaired) electrons. The molecule has 1 fully saturated rings. The summed E-state index contributed by atoms with van der Waals surface area (Å²) in [5.74, 6) is -0.258. The van der Waals surface area contributed by atoms with E-state index in [9.17, 15) is 14.4 Å². The third-order valence-corrected chi connectivity index (χ3v) is 7.62. The lowest BCUT2D eigenvalue weighted by molar-refractivity contribution is 0.0951. The Bertz CT molecular complexity index is 1500. The molecule has 1 saturated carbocycles. The average Bonchev–Trinajstić information content (AvgIpc) is 3.33. The van der Waals surface area contributed by atoms with Crippen LogP contribution < -0.4 is 15.8 Å². The first-order valence-electron chi connectivity index (χ1n) is 13.0. The molecule has 1 aromatic carbocycles. The second-order valence-corrected chi connectivity index (χ2v) is 9.98. The van der Waals surface area contributed by atoms with Crippen molar-refractivity contribution in [2.24, 2.45) is 24.6 Å². The molecule has 5 rings (SSSR count). The second kappa shape index (κ2) is 11.2. The molecule has 0 saturated heterocycles. The van der Waals surface area contributed by atoms with Crippen LogP contribution in [0.4, 0.5) is 4.39 Å². The standard InChI is InChI=1S/C29H30FN7O2/c1-37-27(19(15-31)16-34-37)18-8-11-23(21(14-18)17-6-9-20(32)10-7-17)36-29(38)24-12-13-33-28(35-24)26-22(30)4-3-5-25(26)39-2/h3-5,8,11-13,16-17,20-21H,6-7,9-10,14,32H2,1-2H3,(H,36,38)/t17-,20-,21?. The Labute approximate surface area is 226 Å². The summed E-state index contributed by atoms with van der Waals surface area (Å²) >= 11 is 0. The Morgan fingerprint density at radius 2 is 2.03 bits per heavy atom. The van der Waals surface area contributed by atoms with Crippen molar-refractivity contribution in [2.45, 2.75) is 38.1 Å². The summed E-state index contributed by atoms with van der Waals surface area (Å²) in [5.41, 5.74) is 9.49. The van der Waals surface area contributed by atoms with E-state index in [0.717, 1.165) is 42.6 Å². The molecule has 39 heavy (non-hydrogen) atoms. The van der Waals surface area contributed by atoms with Gasteiger partial charge in [-0.2, -0.15) is 10.4 Å². The molecule has 1 atom stereocenters. The fourth-order valence-corrected chi connectivity index (χ4v) is 5.60. The molecule has 3 N–H and O–H groups in total. The van der Waals surface area contributed by atoms with Gasteiger partial charge in [0.25, 0.3) is 5.91 Å². The number of carbonyl (C=O) groups is 1. The maximum absolute atomic E-state index is 14.6. The predicted molar refractivity (Wildman–Crippen MR) is 143 cm³/mol. The van der Waals surface area contributed by atoms with Crippen molar-refractivity contribution in [1.82, 2.24) is 25.1 Å². The van der Waals surface area contributed by atoms with Gasteiger partial charge in [0, 0.05) is 30.9 Å². The molecular weight excluding hydrogens is 497 g/mol. The Morgan fingerprint density at radius 3 is 2.77 bits per heavy atom. The lowest BCUT2D eigenvalue weighted by atomic mass is 9.72. The molecule has 1 amide bonds. The lowest BCUT2D eigenvalue weighted by Gasteiger charge is -2.36. The van der Waals surface area contributed by atoms with Gasteiger partial charge in [0.15, 0.2) is 5.82 Å². The molecule has 200 valence electrons. The molecule has 2 aliphatic rings. The SMILES string of the molecule is COc1cccc(F)c1-c1nccc(C(=O)NC2=CC=C(c3c(C#N)cnn3C)CC2[C@H]2CC[C@H](N)CC2)n1. The van der Waals surface area contributed by atoms with Crippen LogP contribution in [-0.4, -0.2) is 38.8 Å². The Balaban J connectivity index is 1.46. The number of amides is 1. The minimum atomic E-state index is -0.540. The highest BCUT2D eigenvalue weighted by Gasteiger charge is 2.33. The molecule has 0 bridgehead atoms. The number of hydrogen-bond donors (Lipinski definition) is 2. The molecule has 2 heterocycles. The van der Waals surface area contributed by atoms with Crippen molar-refractivity contribution in [1.29, 1.82) is 5.26 Å². The van der Waals surface area contributed by atoms with Gasteiger partial charge in [0.2, 0.25) is 0 Å². The molecule has 3 aromatic rings. The predicted octanol–water partition coefficient (Wildman–Crippen LogP) is 4.13. The molecule has 0 aliphatic heterocycles. The highest BCUT2D eigenvalue weighted by atomic mass is 19.1. The Morgan fingerprint density at radius 1 is 1.23 bits per heavy atom. The van der Waals surface area contributed by atoms with Gasteiger partial charge in [-0.3, -0.25) is 9.48 Å². The van der Waals surface area contributed by atoms with E-state index < -0.39 is 11.7 Å². The van der Waals surface area contributed by atoms with Gasteiger partial charge in [-0.15, -0.1) is 0 Å². The van der Waals surface area contributed by atoms with Gasteiger partial charge in [-0.1, -0.05) is 12.1 Å². The van der Waals surface area contributed by atoms with Crippen LogP contribution in [-0.2, 0) is 7.05 Å².